The Bertz CT molecular complexity index is 628. The van der Waals surface area contributed by atoms with Gasteiger partial charge in [-0.2, -0.15) is 0 Å². The molecule has 0 amide bonds. The maximum absolute atomic E-state index is 5.30. The molecule has 0 radical (unpaired) electrons. The van der Waals surface area contributed by atoms with Gasteiger partial charge in [0.2, 0.25) is 0 Å². The van der Waals surface area contributed by atoms with Crippen molar-refractivity contribution in [1.29, 1.82) is 0 Å². The van der Waals surface area contributed by atoms with Gasteiger partial charge in [-0.05, 0) is 23.6 Å². The fourth-order valence-electron chi connectivity index (χ4n) is 1.87. The van der Waals surface area contributed by atoms with E-state index >= 15 is 0 Å². The van der Waals surface area contributed by atoms with Crippen LogP contribution < -0.4 is 4.74 Å². The van der Waals surface area contributed by atoms with Crippen LogP contribution in [0.2, 0.25) is 0 Å². The molecule has 0 bridgehead atoms. The summed E-state index contributed by atoms with van der Waals surface area (Å²) in [5, 5.41) is 2.09. The molecule has 0 spiro atoms. The standard InChI is InChI=1S/C13H12N2OS/c1-16-12-5-2-6-15-9-10(14-13(12)15)8-11-4-3-7-17-11/h2-7,9H,8H2,1H3. The number of rotatable bonds is 3. The van der Waals surface area contributed by atoms with E-state index in [4.69, 9.17) is 4.74 Å². The fourth-order valence-corrected chi connectivity index (χ4v) is 2.59. The van der Waals surface area contributed by atoms with Crippen LogP contribution in [0.4, 0.5) is 0 Å². The molecule has 0 aliphatic rings. The zero-order chi connectivity index (χ0) is 11.7. The van der Waals surface area contributed by atoms with E-state index < -0.39 is 0 Å². The Labute approximate surface area is 103 Å². The first-order chi connectivity index (χ1) is 8.36. The fraction of sp³-hybridized carbons (Fsp3) is 0.154. The lowest BCUT2D eigenvalue weighted by molar-refractivity contribution is 0.417. The second-order valence-electron chi connectivity index (χ2n) is 3.80. The molecule has 3 rings (SSSR count). The summed E-state index contributed by atoms with van der Waals surface area (Å²) >= 11 is 1.76. The lowest BCUT2D eigenvalue weighted by Crippen LogP contribution is -1.88. The van der Waals surface area contributed by atoms with Crippen molar-refractivity contribution in [3.63, 3.8) is 0 Å². The van der Waals surface area contributed by atoms with Gasteiger partial charge in [-0.15, -0.1) is 11.3 Å². The molecule has 0 N–H and O–H groups in total. The zero-order valence-electron chi connectivity index (χ0n) is 9.46. The Balaban J connectivity index is 2.02. The van der Waals surface area contributed by atoms with Crippen molar-refractivity contribution in [2.45, 2.75) is 6.42 Å². The van der Waals surface area contributed by atoms with Gasteiger partial charge >= 0.3 is 0 Å². The number of hydrogen-bond acceptors (Lipinski definition) is 3. The molecular weight excluding hydrogens is 232 g/mol. The highest BCUT2D eigenvalue weighted by atomic mass is 32.1. The Morgan fingerprint density at radius 2 is 2.29 bits per heavy atom. The second-order valence-corrected chi connectivity index (χ2v) is 4.83. The third kappa shape index (κ3) is 1.91. The van der Waals surface area contributed by atoms with Crippen LogP contribution >= 0.6 is 11.3 Å². The molecule has 3 aromatic heterocycles. The average Bonchev–Trinajstić information content (AvgIpc) is 2.97. The summed E-state index contributed by atoms with van der Waals surface area (Å²) in [4.78, 5) is 5.93. The Morgan fingerprint density at radius 3 is 3.06 bits per heavy atom. The van der Waals surface area contributed by atoms with E-state index in [9.17, 15) is 0 Å². The molecule has 0 unspecified atom stereocenters. The number of fused-ring (bicyclic) bond motifs is 1. The molecule has 17 heavy (non-hydrogen) atoms. The van der Waals surface area contributed by atoms with Crippen LogP contribution in [0.15, 0.2) is 42.0 Å². The summed E-state index contributed by atoms with van der Waals surface area (Å²) in [6.07, 6.45) is 4.92. The Kier molecular flexibility index (Phi) is 2.57. The molecule has 0 saturated carbocycles. The predicted molar refractivity (Wildman–Crippen MR) is 68.9 cm³/mol. The Hall–Kier alpha value is -1.81. The summed E-state index contributed by atoms with van der Waals surface area (Å²) < 4.78 is 7.30. The monoisotopic (exact) mass is 244 g/mol. The largest absolute Gasteiger partial charge is 0.493 e. The zero-order valence-corrected chi connectivity index (χ0v) is 10.3. The molecule has 4 heteroatoms. The van der Waals surface area contributed by atoms with E-state index in [2.05, 4.69) is 28.7 Å². The number of aromatic nitrogens is 2. The summed E-state index contributed by atoms with van der Waals surface area (Å²) in [6.45, 7) is 0. The summed E-state index contributed by atoms with van der Waals surface area (Å²) in [5.74, 6) is 0.810. The number of methoxy groups -OCH3 is 1. The van der Waals surface area contributed by atoms with Crippen molar-refractivity contribution in [2.75, 3.05) is 7.11 Å². The van der Waals surface area contributed by atoms with Crippen molar-refractivity contribution in [3.8, 4) is 5.75 Å². The minimum absolute atomic E-state index is 0.810. The maximum atomic E-state index is 5.30. The van der Waals surface area contributed by atoms with Crippen molar-refractivity contribution < 1.29 is 4.74 Å². The van der Waals surface area contributed by atoms with Crippen molar-refractivity contribution in [1.82, 2.24) is 9.38 Å². The number of nitrogens with zero attached hydrogens (tertiary/aromatic N) is 2. The predicted octanol–water partition coefficient (Wildman–Crippen LogP) is 3.00. The molecule has 0 aromatic carbocycles. The molecule has 3 nitrogen and oxygen atoms in total. The van der Waals surface area contributed by atoms with Crippen LogP contribution in [0.5, 0.6) is 5.75 Å². The quantitative estimate of drug-likeness (QED) is 0.708. The number of pyridine rings is 1. The van der Waals surface area contributed by atoms with E-state index in [1.165, 1.54) is 4.88 Å². The number of ether oxygens (including phenoxy) is 1. The van der Waals surface area contributed by atoms with Crippen LogP contribution in [0, 0.1) is 0 Å². The highest BCUT2D eigenvalue weighted by Gasteiger charge is 2.07. The van der Waals surface area contributed by atoms with Crippen LogP contribution in [0.25, 0.3) is 5.65 Å². The lowest BCUT2D eigenvalue weighted by atomic mass is 10.3. The van der Waals surface area contributed by atoms with Gasteiger partial charge in [0.25, 0.3) is 0 Å². The SMILES string of the molecule is COc1cccn2cc(Cc3cccs3)nc12. The van der Waals surface area contributed by atoms with Crippen LogP contribution in [-0.2, 0) is 6.42 Å². The van der Waals surface area contributed by atoms with E-state index in [0.717, 1.165) is 23.5 Å². The van der Waals surface area contributed by atoms with Crippen LogP contribution in [-0.4, -0.2) is 16.5 Å². The van der Waals surface area contributed by atoms with Gasteiger partial charge in [-0.1, -0.05) is 6.07 Å². The van der Waals surface area contributed by atoms with Crippen LogP contribution in [0.3, 0.4) is 0 Å². The van der Waals surface area contributed by atoms with E-state index in [0.29, 0.717) is 0 Å². The average molecular weight is 244 g/mol. The summed E-state index contributed by atoms with van der Waals surface area (Å²) in [5.41, 5.74) is 1.94. The first kappa shape index (κ1) is 10.4. The second kappa shape index (κ2) is 4.22. The van der Waals surface area contributed by atoms with Crippen molar-refractivity contribution in [2.24, 2.45) is 0 Å². The molecule has 0 aliphatic heterocycles. The van der Waals surface area contributed by atoms with Gasteiger partial charge in [-0.3, -0.25) is 0 Å². The molecule has 0 atom stereocenters. The maximum Gasteiger partial charge on any atom is 0.179 e. The van der Waals surface area contributed by atoms with Crippen LogP contribution in [0.1, 0.15) is 10.6 Å². The summed E-state index contributed by atoms with van der Waals surface area (Å²) in [6, 6.07) is 8.09. The Morgan fingerprint density at radius 1 is 1.35 bits per heavy atom. The number of hydrogen-bond donors (Lipinski definition) is 0. The summed E-state index contributed by atoms with van der Waals surface area (Å²) in [7, 11) is 1.67. The van der Waals surface area contributed by atoms with Gasteiger partial charge in [0.05, 0.1) is 12.8 Å². The highest BCUT2D eigenvalue weighted by Crippen LogP contribution is 2.20. The van der Waals surface area contributed by atoms with Crippen molar-refractivity contribution >= 4 is 17.0 Å². The first-order valence-corrected chi connectivity index (χ1v) is 6.28. The minimum Gasteiger partial charge on any atom is -0.493 e. The molecule has 0 fully saturated rings. The van der Waals surface area contributed by atoms with Crippen molar-refractivity contribution in [3.05, 3.63) is 52.6 Å². The molecule has 3 heterocycles. The van der Waals surface area contributed by atoms with Gasteiger partial charge in [0.1, 0.15) is 0 Å². The normalized spacial score (nSPS) is 10.9. The number of imidazole rings is 1. The smallest absolute Gasteiger partial charge is 0.179 e. The third-order valence-corrected chi connectivity index (χ3v) is 3.53. The van der Waals surface area contributed by atoms with E-state index in [-0.39, 0.29) is 0 Å². The topological polar surface area (TPSA) is 26.5 Å². The van der Waals surface area contributed by atoms with Gasteiger partial charge in [0.15, 0.2) is 11.4 Å². The molecule has 0 aliphatic carbocycles. The molecule has 0 saturated heterocycles. The van der Waals surface area contributed by atoms with Gasteiger partial charge in [0, 0.05) is 23.7 Å². The van der Waals surface area contributed by atoms with Gasteiger partial charge < -0.3 is 9.14 Å². The van der Waals surface area contributed by atoms with Gasteiger partial charge in [-0.25, -0.2) is 4.98 Å². The third-order valence-electron chi connectivity index (χ3n) is 2.65. The molecule has 86 valence electrons. The lowest BCUT2D eigenvalue weighted by Gasteiger charge is -1.99. The minimum atomic E-state index is 0.810. The highest BCUT2D eigenvalue weighted by molar-refractivity contribution is 7.09. The van der Waals surface area contributed by atoms with E-state index in [1.807, 2.05) is 22.7 Å². The number of thiophene rings is 1. The molecular formula is C13H12N2OS. The first-order valence-electron chi connectivity index (χ1n) is 5.40. The van der Waals surface area contributed by atoms with E-state index in [1.54, 1.807) is 18.4 Å². The molecule has 3 aromatic rings.